The van der Waals surface area contributed by atoms with E-state index >= 15 is 0 Å². The number of carbonyl (C=O) groups excluding carboxylic acids is 1. The van der Waals surface area contributed by atoms with Gasteiger partial charge in [-0.2, -0.15) is 0 Å². The Morgan fingerprint density at radius 2 is 1.74 bits per heavy atom. The van der Waals surface area contributed by atoms with Crippen molar-refractivity contribution >= 4 is 33.4 Å². The molecular formula is C29H25N3O2. The summed E-state index contributed by atoms with van der Waals surface area (Å²) in [4.78, 5) is 19.9. The van der Waals surface area contributed by atoms with Gasteiger partial charge in [-0.3, -0.25) is 4.79 Å². The molecule has 34 heavy (non-hydrogen) atoms. The van der Waals surface area contributed by atoms with E-state index < -0.39 is 0 Å². The summed E-state index contributed by atoms with van der Waals surface area (Å²) in [5.74, 6) is 1.84. The second-order valence-corrected chi connectivity index (χ2v) is 8.79. The van der Waals surface area contributed by atoms with Crippen LogP contribution in [0.3, 0.4) is 0 Å². The van der Waals surface area contributed by atoms with Gasteiger partial charge in [0.15, 0.2) is 0 Å². The Bertz CT molecular complexity index is 1520. The Labute approximate surface area is 198 Å². The molecule has 5 heteroatoms. The minimum atomic E-state index is 0.0149. The zero-order chi connectivity index (χ0) is 23.1. The number of benzene rings is 4. The monoisotopic (exact) mass is 447 g/mol. The second kappa shape index (κ2) is 8.34. The van der Waals surface area contributed by atoms with Crippen LogP contribution < -0.4 is 9.64 Å². The minimum Gasteiger partial charge on any atom is -0.497 e. The summed E-state index contributed by atoms with van der Waals surface area (Å²) in [5, 5.41) is 2.47. The number of fused-ring (bicyclic) bond motifs is 2. The molecule has 2 heterocycles. The van der Waals surface area contributed by atoms with Crippen molar-refractivity contribution in [3.8, 4) is 5.75 Å². The smallest absolute Gasteiger partial charge is 0.227 e. The molecule has 1 fully saturated rings. The molecule has 1 aliphatic rings. The first kappa shape index (κ1) is 20.5. The van der Waals surface area contributed by atoms with E-state index in [1.807, 2.05) is 35.2 Å². The van der Waals surface area contributed by atoms with Crippen LogP contribution in [0.2, 0.25) is 0 Å². The Balaban J connectivity index is 1.41. The third-order valence-electron chi connectivity index (χ3n) is 6.75. The van der Waals surface area contributed by atoms with Crippen molar-refractivity contribution in [1.29, 1.82) is 0 Å². The molecule has 0 spiro atoms. The molecule has 5 nitrogen and oxygen atoms in total. The number of anilines is 1. The van der Waals surface area contributed by atoms with E-state index in [-0.39, 0.29) is 11.8 Å². The molecule has 0 aliphatic carbocycles. The molecule has 1 atom stereocenters. The van der Waals surface area contributed by atoms with E-state index in [2.05, 4.69) is 65.2 Å². The molecule has 1 aliphatic heterocycles. The van der Waals surface area contributed by atoms with Gasteiger partial charge in [-0.05, 0) is 40.6 Å². The van der Waals surface area contributed by atoms with Gasteiger partial charge in [0.25, 0.3) is 0 Å². The fourth-order valence-electron chi connectivity index (χ4n) is 5.08. The fourth-order valence-corrected chi connectivity index (χ4v) is 5.08. The van der Waals surface area contributed by atoms with Crippen molar-refractivity contribution < 1.29 is 9.53 Å². The lowest BCUT2D eigenvalue weighted by Gasteiger charge is -2.18. The lowest BCUT2D eigenvalue weighted by Crippen LogP contribution is -2.24. The highest BCUT2D eigenvalue weighted by molar-refractivity contribution is 5.96. The van der Waals surface area contributed by atoms with Crippen LogP contribution in [0.25, 0.3) is 21.8 Å². The molecule has 0 bridgehead atoms. The van der Waals surface area contributed by atoms with Gasteiger partial charge in [-0.15, -0.1) is 0 Å². The number of rotatable bonds is 5. The van der Waals surface area contributed by atoms with Crippen molar-refractivity contribution in [3.63, 3.8) is 0 Å². The summed E-state index contributed by atoms with van der Waals surface area (Å²) in [5.41, 5.74) is 4.17. The number of imidazole rings is 1. The van der Waals surface area contributed by atoms with Gasteiger partial charge in [0.1, 0.15) is 11.6 Å². The molecule has 1 saturated heterocycles. The average molecular weight is 448 g/mol. The standard InChI is InChI=1S/C29H25N3O2/c1-34-24-12-7-11-23(17-24)31-19-22(16-28(31)33)29-30-26-14-4-5-15-27(26)32(29)18-21-10-6-9-20-8-2-3-13-25(20)21/h2-15,17,22H,16,18-19H2,1H3. The summed E-state index contributed by atoms with van der Waals surface area (Å²) < 4.78 is 7.66. The molecule has 0 radical (unpaired) electrons. The van der Waals surface area contributed by atoms with Crippen LogP contribution in [0.4, 0.5) is 5.69 Å². The maximum Gasteiger partial charge on any atom is 0.227 e. The van der Waals surface area contributed by atoms with Crippen LogP contribution in [0.1, 0.15) is 23.7 Å². The predicted octanol–water partition coefficient (Wildman–Crippen LogP) is 5.77. The first-order chi connectivity index (χ1) is 16.7. The zero-order valence-electron chi connectivity index (χ0n) is 19.0. The number of hydrogen-bond acceptors (Lipinski definition) is 3. The number of hydrogen-bond donors (Lipinski definition) is 0. The van der Waals surface area contributed by atoms with Crippen molar-refractivity contribution in [2.75, 3.05) is 18.6 Å². The fraction of sp³-hybridized carbons (Fsp3) is 0.172. The maximum atomic E-state index is 13.1. The number of aromatic nitrogens is 2. The topological polar surface area (TPSA) is 47.4 Å². The first-order valence-corrected chi connectivity index (χ1v) is 11.6. The third kappa shape index (κ3) is 3.50. The van der Waals surface area contributed by atoms with Gasteiger partial charge in [0.2, 0.25) is 5.91 Å². The molecule has 1 aromatic heterocycles. The zero-order valence-corrected chi connectivity index (χ0v) is 19.0. The van der Waals surface area contributed by atoms with Gasteiger partial charge >= 0.3 is 0 Å². The normalized spacial score (nSPS) is 16.0. The molecule has 6 rings (SSSR count). The van der Waals surface area contributed by atoms with Crippen LogP contribution in [0.5, 0.6) is 5.75 Å². The van der Waals surface area contributed by atoms with Crippen LogP contribution in [-0.2, 0) is 11.3 Å². The van der Waals surface area contributed by atoms with E-state index in [1.165, 1.54) is 16.3 Å². The maximum absolute atomic E-state index is 13.1. The summed E-state index contributed by atoms with van der Waals surface area (Å²) in [7, 11) is 1.64. The minimum absolute atomic E-state index is 0.0149. The highest BCUT2D eigenvalue weighted by Gasteiger charge is 2.35. The summed E-state index contributed by atoms with van der Waals surface area (Å²) >= 11 is 0. The van der Waals surface area contributed by atoms with Gasteiger partial charge in [0.05, 0.1) is 18.1 Å². The Morgan fingerprint density at radius 1 is 0.941 bits per heavy atom. The summed E-state index contributed by atoms with van der Waals surface area (Å²) in [6.07, 6.45) is 0.441. The van der Waals surface area contributed by atoms with Gasteiger partial charge in [0, 0.05) is 37.2 Å². The second-order valence-electron chi connectivity index (χ2n) is 8.79. The lowest BCUT2D eigenvalue weighted by atomic mass is 10.0. The largest absolute Gasteiger partial charge is 0.497 e. The average Bonchev–Trinajstić information content (AvgIpc) is 3.45. The molecule has 4 aromatic carbocycles. The Hall–Kier alpha value is -4.12. The van der Waals surface area contributed by atoms with Crippen LogP contribution in [0.15, 0.2) is 91.0 Å². The van der Waals surface area contributed by atoms with Crippen LogP contribution in [-0.4, -0.2) is 29.1 Å². The van der Waals surface area contributed by atoms with Gasteiger partial charge < -0.3 is 14.2 Å². The number of nitrogens with zero attached hydrogens (tertiary/aromatic N) is 3. The summed E-state index contributed by atoms with van der Waals surface area (Å²) in [6.45, 7) is 1.31. The van der Waals surface area contributed by atoms with E-state index in [4.69, 9.17) is 9.72 Å². The first-order valence-electron chi connectivity index (χ1n) is 11.6. The molecule has 1 amide bonds. The summed E-state index contributed by atoms with van der Waals surface area (Å²) in [6, 6.07) is 30.8. The van der Waals surface area contributed by atoms with Crippen molar-refractivity contribution in [2.24, 2.45) is 0 Å². The number of para-hydroxylation sites is 2. The molecule has 5 aromatic rings. The number of carbonyl (C=O) groups is 1. The molecular weight excluding hydrogens is 422 g/mol. The quantitative estimate of drug-likeness (QED) is 0.344. The van der Waals surface area contributed by atoms with Crippen molar-refractivity contribution in [1.82, 2.24) is 9.55 Å². The predicted molar refractivity (Wildman–Crippen MR) is 135 cm³/mol. The molecule has 0 N–H and O–H groups in total. The van der Waals surface area contributed by atoms with Gasteiger partial charge in [-0.1, -0.05) is 60.7 Å². The van der Waals surface area contributed by atoms with Crippen molar-refractivity contribution in [2.45, 2.75) is 18.9 Å². The van der Waals surface area contributed by atoms with Gasteiger partial charge in [-0.25, -0.2) is 4.98 Å². The van der Waals surface area contributed by atoms with E-state index in [9.17, 15) is 4.79 Å². The number of methoxy groups -OCH3 is 1. The van der Waals surface area contributed by atoms with E-state index in [0.717, 1.165) is 28.3 Å². The number of amides is 1. The molecule has 168 valence electrons. The highest BCUT2D eigenvalue weighted by Crippen LogP contribution is 2.35. The Morgan fingerprint density at radius 3 is 2.65 bits per heavy atom. The lowest BCUT2D eigenvalue weighted by molar-refractivity contribution is -0.117. The van der Waals surface area contributed by atoms with E-state index in [1.54, 1.807) is 7.11 Å². The van der Waals surface area contributed by atoms with E-state index in [0.29, 0.717) is 19.5 Å². The van der Waals surface area contributed by atoms with Crippen molar-refractivity contribution in [3.05, 3.63) is 102 Å². The number of ether oxygens (including phenoxy) is 1. The molecule has 1 unspecified atom stereocenters. The molecule has 0 saturated carbocycles. The Kier molecular flexibility index (Phi) is 5.02. The third-order valence-corrected chi connectivity index (χ3v) is 6.75. The highest BCUT2D eigenvalue weighted by atomic mass is 16.5. The van der Waals surface area contributed by atoms with Crippen LogP contribution >= 0.6 is 0 Å². The SMILES string of the molecule is COc1cccc(N2CC(c3nc4ccccc4n3Cc3cccc4ccccc34)CC2=O)c1. The van der Waals surface area contributed by atoms with Crippen LogP contribution in [0, 0.1) is 0 Å².